The second-order valence-electron chi connectivity index (χ2n) is 4.94. The van der Waals surface area contributed by atoms with E-state index in [1.165, 1.54) is 4.90 Å². The summed E-state index contributed by atoms with van der Waals surface area (Å²) < 4.78 is 10.4. The van der Waals surface area contributed by atoms with Gasteiger partial charge in [-0.2, -0.15) is 0 Å². The van der Waals surface area contributed by atoms with Crippen molar-refractivity contribution in [2.75, 3.05) is 35.0 Å². The van der Waals surface area contributed by atoms with Crippen molar-refractivity contribution in [3.63, 3.8) is 0 Å². The molecule has 0 bridgehead atoms. The third kappa shape index (κ3) is 3.42. The lowest BCUT2D eigenvalue weighted by Gasteiger charge is -2.17. The number of methoxy groups -OCH3 is 2. The molecule has 0 atom stereocenters. The molecule has 1 heterocycles. The summed E-state index contributed by atoms with van der Waals surface area (Å²) in [5.41, 5.74) is 0.721. The summed E-state index contributed by atoms with van der Waals surface area (Å²) in [6, 6.07) is 5.30. The van der Waals surface area contributed by atoms with E-state index >= 15 is 0 Å². The first-order chi connectivity index (χ1) is 10.5. The van der Waals surface area contributed by atoms with Crippen LogP contribution in [0.2, 0.25) is 0 Å². The van der Waals surface area contributed by atoms with E-state index in [9.17, 15) is 9.59 Å². The van der Waals surface area contributed by atoms with E-state index in [0.29, 0.717) is 16.4 Å². The van der Waals surface area contributed by atoms with Crippen molar-refractivity contribution in [3.05, 3.63) is 28.7 Å². The van der Waals surface area contributed by atoms with Crippen LogP contribution in [0.1, 0.15) is 5.56 Å². The number of nitrogens with zero attached hydrogens (tertiary/aromatic N) is 2. The highest BCUT2D eigenvalue weighted by Crippen LogP contribution is 2.34. The van der Waals surface area contributed by atoms with Crippen LogP contribution in [0.15, 0.2) is 23.1 Å². The molecule has 2 rings (SSSR count). The Kier molecular flexibility index (Phi) is 5.10. The van der Waals surface area contributed by atoms with E-state index in [-0.39, 0.29) is 17.8 Å². The van der Waals surface area contributed by atoms with Gasteiger partial charge in [0.05, 0.1) is 25.8 Å². The van der Waals surface area contributed by atoms with Gasteiger partial charge in [-0.3, -0.25) is 19.4 Å². The van der Waals surface area contributed by atoms with Crippen molar-refractivity contribution in [2.24, 2.45) is 0 Å². The summed E-state index contributed by atoms with van der Waals surface area (Å²) in [5.74, 6) is 0.954. The zero-order valence-corrected chi connectivity index (χ0v) is 13.8. The number of hydrogen-bond donors (Lipinski definition) is 0. The van der Waals surface area contributed by atoms with Gasteiger partial charge in [-0.1, -0.05) is 0 Å². The van der Waals surface area contributed by atoms with Gasteiger partial charge in [-0.15, -0.1) is 0 Å². The summed E-state index contributed by atoms with van der Waals surface area (Å²) >= 11 is 0.933. The second-order valence-corrected chi connectivity index (χ2v) is 5.93. The number of hydrogen-bond acceptors (Lipinski definition) is 6. The Morgan fingerprint density at radius 2 is 1.95 bits per heavy atom. The smallest absolute Gasteiger partial charge is 0.294 e. The third-order valence-corrected chi connectivity index (χ3v) is 3.93. The molecule has 118 valence electrons. The molecule has 1 aliphatic heterocycles. The molecule has 1 aromatic rings. The lowest BCUT2D eigenvalue weighted by atomic mass is 10.1. The Morgan fingerprint density at radius 3 is 2.55 bits per heavy atom. The zero-order valence-electron chi connectivity index (χ0n) is 13.0. The molecule has 0 aromatic heterocycles. The summed E-state index contributed by atoms with van der Waals surface area (Å²) in [6.45, 7) is 0.266. The molecule has 1 fully saturated rings. The van der Waals surface area contributed by atoms with Gasteiger partial charge in [0.1, 0.15) is 11.5 Å². The topological polar surface area (TPSA) is 59.1 Å². The molecule has 7 heteroatoms. The van der Waals surface area contributed by atoms with Crippen molar-refractivity contribution in [1.29, 1.82) is 0 Å². The molecular weight excluding hydrogens is 304 g/mol. The normalized spacial score (nSPS) is 16.8. The monoisotopic (exact) mass is 322 g/mol. The molecule has 0 radical (unpaired) electrons. The summed E-state index contributed by atoms with van der Waals surface area (Å²) in [5, 5.41) is -0.266. The van der Waals surface area contributed by atoms with Gasteiger partial charge < -0.3 is 9.47 Å². The summed E-state index contributed by atoms with van der Waals surface area (Å²) in [4.78, 5) is 27.6. The molecule has 2 amide bonds. The van der Waals surface area contributed by atoms with Gasteiger partial charge in [0.15, 0.2) is 0 Å². The number of rotatable bonds is 5. The first kappa shape index (κ1) is 16.4. The average molecular weight is 322 g/mol. The minimum atomic E-state index is -0.290. The van der Waals surface area contributed by atoms with E-state index in [2.05, 4.69) is 0 Å². The molecule has 1 saturated heterocycles. The van der Waals surface area contributed by atoms with E-state index in [1.807, 2.05) is 0 Å². The Hall–Kier alpha value is -1.99. The Labute approximate surface area is 133 Å². The standard InChI is InChI=1S/C15H18N2O4S/c1-16(2)9-17-14(18)13(22-15(17)19)7-10-5-6-11(20-3)8-12(10)21-4/h5-8H,9H2,1-4H3. The third-order valence-electron chi connectivity index (χ3n) is 3.03. The van der Waals surface area contributed by atoms with Crippen LogP contribution in [0.4, 0.5) is 4.79 Å². The Bertz CT molecular complexity index is 628. The number of amides is 2. The number of carbonyl (C=O) groups excluding carboxylic acids is 2. The van der Waals surface area contributed by atoms with Gasteiger partial charge in [0.25, 0.3) is 11.1 Å². The highest BCUT2D eigenvalue weighted by atomic mass is 32.2. The Morgan fingerprint density at radius 1 is 1.23 bits per heavy atom. The number of benzene rings is 1. The molecule has 6 nitrogen and oxygen atoms in total. The van der Waals surface area contributed by atoms with E-state index < -0.39 is 0 Å². The first-order valence-corrected chi connectivity index (χ1v) is 7.40. The van der Waals surface area contributed by atoms with E-state index in [0.717, 1.165) is 17.3 Å². The highest BCUT2D eigenvalue weighted by Gasteiger charge is 2.35. The maximum absolute atomic E-state index is 12.3. The molecule has 0 aliphatic carbocycles. The zero-order chi connectivity index (χ0) is 16.3. The lowest BCUT2D eigenvalue weighted by Crippen LogP contribution is -2.36. The Balaban J connectivity index is 2.30. The van der Waals surface area contributed by atoms with Crippen LogP contribution in [0.3, 0.4) is 0 Å². The van der Waals surface area contributed by atoms with Crippen LogP contribution in [0.25, 0.3) is 6.08 Å². The number of ether oxygens (including phenoxy) is 2. The SMILES string of the molecule is COc1ccc(C=C2SC(=O)N(CN(C)C)C2=O)c(OC)c1. The number of carbonyl (C=O) groups is 2. The molecular formula is C15H18N2O4S. The van der Waals surface area contributed by atoms with Crippen LogP contribution in [-0.4, -0.2) is 55.9 Å². The fourth-order valence-corrected chi connectivity index (χ4v) is 2.81. The maximum Gasteiger partial charge on any atom is 0.294 e. The number of imide groups is 1. The highest BCUT2D eigenvalue weighted by molar-refractivity contribution is 8.18. The van der Waals surface area contributed by atoms with Crippen molar-refractivity contribution in [1.82, 2.24) is 9.80 Å². The second kappa shape index (κ2) is 6.85. The van der Waals surface area contributed by atoms with Crippen molar-refractivity contribution in [3.8, 4) is 11.5 Å². The summed E-state index contributed by atoms with van der Waals surface area (Å²) in [6.07, 6.45) is 1.67. The van der Waals surface area contributed by atoms with Crippen molar-refractivity contribution < 1.29 is 19.1 Å². The van der Waals surface area contributed by atoms with Gasteiger partial charge in [0, 0.05) is 11.6 Å². The predicted molar refractivity (Wildman–Crippen MR) is 85.9 cm³/mol. The molecule has 0 N–H and O–H groups in total. The van der Waals surface area contributed by atoms with Crippen molar-refractivity contribution in [2.45, 2.75) is 0 Å². The maximum atomic E-state index is 12.3. The quantitative estimate of drug-likeness (QED) is 0.775. The lowest BCUT2D eigenvalue weighted by molar-refractivity contribution is -0.123. The number of thioether (sulfide) groups is 1. The molecule has 1 aliphatic rings. The largest absolute Gasteiger partial charge is 0.497 e. The van der Waals surface area contributed by atoms with Crippen LogP contribution < -0.4 is 9.47 Å². The van der Waals surface area contributed by atoms with Crippen LogP contribution in [0.5, 0.6) is 11.5 Å². The van der Waals surface area contributed by atoms with Gasteiger partial charge >= 0.3 is 0 Å². The van der Waals surface area contributed by atoms with Crippen molar-refractivity contribution >= 4 is 29.0 Å². The first-order valence-electron chi connectivity index (χ1n) is 6.58. The molecule has 22 heavy (non-hydrogen) atoms. The minimum Gasteiger partial charge on any atom is -0.497 e. The molecule has 0 unspecified atom stereocenters. The fraction of sp³-hybridized carbons (Fsp3) is 0.333. The minimum absolute atomic E-state index is 0.266. The fourth-order valence-electron chi connectivity index (χ4n) is 1.98. The van der Waals surface area contributed by atoms with Crippen LogP contribution in [-0.2, 0) is 4.79 Å². The predicted octanol–water partition coefficient (Wildman–Crippen LogP) is 2.26. The van der Waals surface area contributed by atoms with E-state index in [4.69, 9.17) is 9.47 Å². The van der Waals surface area contributed by atoms with E-state index in [1.54, 1.807) is 57.5 Å². The van der Waals surface area contributed by atoms with Gasteiger partial charge in [-0.25, -0.2) is 0 Å². The summed E-state index contributed by atoms with van der Waals surface area (Å²) in [7, 11) is 6.73. The van der Waals surface area contributed by atoms with Crippen LogP contribution in [0, 0.1) is 0 Å². The molecule has 1 aromatic carbocycles. The van der Waals surface area contributed by atoms with Crippen LogP contribution >= 0.6 is 11.8 Å². The van der Waals surface area contributed by atoms with Gasteiger partial charge in [0.2, 0.25) is 0 Å². The van der Waals surface area contributed by atoms with Gasteiger partial charge in [-0.05, 0) is 44.1 Å². The average Bonchev–Trinajstić information content (AvgIpc) is 2.75. The molecule has 0 saturated carbocycles. The molecule has 0 spiro atoms.